The first kappa shape index (κ1) is 89.1. The highest BCUT2D eigenvalue weighted by atomic mass is 31.2. The standard InChI is InChI=1S/C72H140O17P2/c1-9-64(7)50-42-34-26-22-23-29-39-47-55-72(77)89-67(58-82-69(74)52-44-36-27-20-16-14-12-11-13-15-18-24-32-40-48-62(3)4)60-86-90(78,79)84-56-66(73)57-85-91(80,81)87-61-68(59-83-70(75)53-45-37-31-30-35-43-51-65(8)10-2)88-71(76)54-46-38-28-21-17-19-25-33-41-49-63(5)6/h62-68,73H,9-61H2,1-8H3,(H,78,79)(H,80,81)/t64?,65?,66-,67-,68-/m1/s1. The van der Waals surface area contributed by atoms with Crippen molar-refractivity contribution >= 4 is 39.5 Å². The number of phosphoric ester groups is 2. The Morgan fingerprint density at radius 3 is 0.780 bits per heavy atom. The summed E-state index contributed by atoms with van der Waals surface area (Å²) in [4.78, 5) is 72.6. The number of hydrogen-bond donors (Lipinski definition) is 3. The smallest absolute Gasteiger partial charge is 0.462 e. The highest BCUT2D eigenvalue weighted by Crippen LogP contribution is 2.45. The van der Waals surface area contributed by atoms with Crippen molar-refractivity contribution in [1.82, 2.24) is 0 Å². The molecule has 0 saturated heterocycles. The van der Waals surface area contributed by atoms with E-state index in [1.807, 2.05) is 0 Å². The molecule has 0 rings (SSSR count). The topological polar surface area (TPSA) is 237 Å². The van der Waals surface area contributed by atoms with Crippen molar-refractivity contribution in [2.75, 3.05) is 39.6 Å². The van der Waals surface area contributed by atoms with Crippen molar-refractivity contribution in [3.05, 3.63) is 0 Å². The van der Waals surface area contributed by atoms with Gasteiger partial charge in [-0.2, -0.15) is 0 Å². The van der Waals surface area contributed by atoms with Crippen LogP contribution in [0.1, 0.15) is 357 Å². The minimum Gasteiger partial charge on any atom is -0.462 e. The van der Waals surface area contributed by atoms with Crippen molar-refractivity contribution < 1.29 is 80.2 Å². The van der Waals surface area contributed by atoms with Crippen molar-refractivity contribution in [2.24, 2.45) is 23.7 Å². The van der Waals surface area contributed by atoms with Crippen LogP contribution in [-0.4, -0.2) is 96.7 Å². The van der Waals surface area contributed by atoms with E-state index in [-0.39, 0.29) is 25.7 Å². The molecule has 91 heavy (non-hydrogen) atoms. The highest BCUT2D eigenvalue weighted by Gasteiger charge is 2.30. The first-order valence-corrected chi connectivity index (χ1v) is 40.3. The summed E-state index contributed by atoms with van der Waals surface area (Å²) in [5.74, 6) is 0.907. The Morgan fingerprint density at radius 1 is 0.308 bits per heavy atom. The highest BCUT2D eigenvalue weighted by molar-refractivity contribution is 7.47. The summed E-state index contributed by atoms with van der Waals surface area (Å²) >= 11 is 0. The second kappa shape index (κ2) is 61.6. The van der Waals surface area contributed by atoms with Gasteiger partial charge in [-0.1, -0.05) is 306 Å². The number of esters is 4. The van der Waals surface area contributed by atoms with Gasteiger partial charge in [-0.3, -0.25) is 37.3 Å². The van der Waals surface area contributed by atoms with Crippen molar-refractivity contribution in [3.63, 3.8) is 0 Å². The van der Waals surface area contributed by atoms with Crippen LogP contribution >= 0.6 is 15.6 Å². The number of carbonyl (C=O) groups is 4. The Hall–Kier alpha value is -1.94. The third kappa shape index (κ3) is 63.9. The maximum Gasteiger partial charge on any atom is 0.472 e. The van der Waals surface area contributed by atoms with E-state index in [4.69, 9.17) is 37.0 Å². The number of carbonyl (C=O) groups excluding carboxylic acids is 4. The summed E-state index contributed by atoms with van der Waals surface area (Å²) in [6.45, 7) is 14.1. The summed E-state index contributed by atoms with van der Waals surface area (Å²) in [6, 6.07) is 0. The molecular weight excluding hydrogens is 1200 g/mol. The molecule has 0 aliphatic rings. The molecule has 3 N–H and O–H groups in total. The zero-order valence-electron chi connectivity index (χ0n) is 59.5. The number of aliphatic hydroxyl groups is 1. The predicted molar refractivity (Wildman–Crippen MR) is 367 cm³/mol. The maximum absolute atomic E-state index is 13.0. The van der Waals surface area contributed by atoms with Crippen LogP contribution in [0.4, 0.5) is 0 Å². The Bertz CT molecular complexity index is 1800. The number of hydrogen-bond acceptors (Lipinski definition) is 15. The molecule has 0 bridgehead atoms. The lowest BCUT2D eigenvalue weighted by Crippen LogP contribution is -2.30. The molecule has 19 heteroatoms. The zero-order chi connectivity index (χ0) is 67.5. The van der Waals surface area contributed by atoms with E-state index >= 15 is 0 Å². The fourth-order valence-electron chi connectivity index (χ4n) is 10.8. The van der Waals surface area contributed by atoms with Gasteiger partial charge in [0.15, 0.2) is 12.2 Å². The summed E-state index contributed by atoms with van der Waals surface area (Å²) in [7, 11) is -9.91. The molecule has 0 spiro atoms. The number of phosphoric acid groups is 2. The van der Waals surface area contributed by atoms with Crippen LogP contribution in [0.15, 0.2) is 0 Å². The van der Waals surface area contributed by atoms with Crippen LogP contribution in [0, 0.1) is 23.7 Å². The maximum atomic E-state index is 13.0. The second-order valence-electron chi connectivity index (χ2n) is 27.4. The number of ether oxygens (including phenoxy) is 4. The van der Waals surface area contributed by atoms with E-state index in [0.29, 0.717) is 25.7 Å². The fraction of sp³-hybridized carbons (Fsp3) is 0.944. The normalized spacial score (nSPS) is 14.8. The van der Waals surface area contributed by atoms with Gasteiger partial charge in [0.2, 0.25) is 0 Å². The zero-order valence-corrected chi connectivity index (χ0v) is 61.3. The Kier molecular flexibility index (Phi) is 60.3. The number of aliphatic hydroxyl groups excluding tert-OH is 1. The average Bonchev–Trinajstić information content (AvgIpc) is 3.67. The molecule has 17 nitrogen and oxygen atoms in total. The Labute approximate surface area is 556 Å². The van der Waals surface area contributed by atoms with Crippen LogP contribution in [0.3, 0.4) is 0 Å². The Balaban J connectivity index is 5.24. The molecule has 7 atom stereocenters. The monoisotopic (exact) mass is 1340 g/mol. The van der Waals surface area contributed by atoms with E-state index in [1.165, 1.54) is 154 Å². The Morgan fingerprint density at radius 2 is 0.527 bits per heavy atom. The molecule has 0 saturated carbocycles. The molecule has 4 unspecified atom stereocenters. The third-order valence-electron chi connectivity index (χ3n) is 17.3. The molecule has 0 fully saturated rings. The number of unbranched alkanes of at least 4 members (excludes halogenated alkanes) is 33. The van der Waals surface area contributed by atoms with Gasteiger partial charge in [0.05, 0.1) is 26.4 Å². The van der Waals surface area contributed by atoms with Gasteiger partial charge in [-0.05, 0) is 49.4 Å². The van der Waals surface area contributed by atoms with Crippen LogP contribution < -0.4 is 0 Å². The van der Waals surface area contributed by atoms with Crippen LogP contribution in [0.5, 0.6) is 0 Å². The molecule has 0 aromatic carbocycles. The van der Waals surface area contributed by atoms with Gasteiger partial charge < -0.3 is 33.8 Å². The van der Waals surface area contributed by atoms with Crippen molar-refractivity contribution in [1.29, 1.82) is 0 Å². The summed E-state index contributed by atoms with van der Waals surface area (Å²) < 4.78 is 68.3. The molecule has 0 amide bonds. The second-order valence-corrected chi connectivity index (χ2v) is 30.3. The molecule has 540 valence electrons. The summed E-state index contributed by atoms with van der Waals surface area (Å²) in [5, 5.41) is 10.6. The van der Waals surface area contributed by atoms with Gasteiger partial charge in [0, 0.05) is 25.7 Å². The average molecular weight is 1340 g/mol. The minimum absolute atomic E-state index is 0.104. The molecule has 0 aromatic rings. The van der Waals surface area contributed by atoms with Crippen molar-refractivity contribution in [3.8, 4) is 0 Å². The van der Waals surface area contributed by atoms with E-state index < -0.39 is 97.5 Å². The molecule has 0 aromatic heterocycles. The van der Waals surface area contributed by atoms with E-state index in [9.17, 15) is 43.2 Å². The molecule has 0 aliphatic carbocycles. The molecule has 0 aliphatic heterocycles. The third-order valence-corrected chi connectivity index (χ3v) is 19.2. The van der Waals surface area contributed by atoms with Crippen LogP contribution in [0.2, 0.25) is 0 Å². The predicted octanol–water partition coefficient (Wildman–Crippen LogP) is 20.5. The van der Waals surface area contributed by atoms with Crippen LogP contribution in [0.25, 0.3) is 0 Å². The van der Waals surface area contributed by atoms with Gasteiger partial charge in [0.1, 0.15) is 19.3 Å². The van der Waals surface area contributed by atoms with Gasteiger partial charge >= 0.3 is 39.5 Å². The van der Waals surface area contributed by atoms with E-state index in [2.05, 4.69) is 55.4 Å². The lowest BCUT2D eigenvalue weighted by Gasteiger charge is -2.21. The first-order chi connectivity index (χ1) is 43.7. The van der Waals surface area contributed by atoms with Crippen LogP contribution in [-0.2, 0) is 65.4 Å². The molecule has 0 heterocycles. The lowest BCUT2D eigenvalue weighted by atomic mass is 9.99. The number of rotatable bonds is 69. The first-order valence-electron chi connectivity index (χ1n) is 37.3. The lowest BCUT2D eigenvalue weighted by molar-refractivity contribution is -0.161. The van der Waals surface area contributed by atoms with Crippen molar-refractivity contribution in [2.45, 2.75) is 375 Å². The summed E-state index contributed by atoms with van der Waals surface area (Å²) in [6.07, 6.45) is 44.4. The van der Waals surface area contributed by atoms with Gasteiger partial charge in [-0.25, -0.2) is 9.13 Å². The molecular formula is C72H140O17P2. The quantitative estimate of drug-likeness (QED) is 0.0222. The summed E-state index contributed by atoms with van der Waals surface area (Å²) in [5.41, 5.74) is 0. The van der Waals surface area contributed by atoms with E-state index in [0.717, 1.165) is 120 Å². The van der Waals surface area contributed by atoms with E-state index in [1.54, 1.807) is 0 Å². The molecule has 0 radical (unpaired) electrons. The SMILES string of the molecule is CCC(C)CCCCCCCCCCC(=O)O[C@H](COC(=O)CCCCCCCCCCCCCCCCC(C)C)COP(=O)(O)OC[C@@H](O)COP(=O)(O)OC[C@@H](COC(=O)CCCCCCCCC(C)CC)OC(=O)CCCCCCCCCCCC(C)C. The largest absolute Gasteiger partial charge is 0.472 e. The van der Waals surface area contributed by atoms with Gasteiger partial charge in [0.25, 0.3) is 0 Å². The van der Waals surface area contributed by atoms with Gasteiger partial charge in [-0.15, -0.1) is 0 Å². The minimum atomic E-state index is -4.95. The fourth-order valence-corrected chi connectivity index (χ4v) is 12.4.